The van der Waals surface area contributed by atoms with E-state index in [2.05, 4.69) is 14.9 Å². The Kier molecular flexibility index (Phi) is 4.80. The number of aryl methyl sites for hydroxylation is 1. The van der Waals surface area contributed by atoms with Crippen molar-refractivity contribution in [2.24, 2.45) is 0 Å². The first kappa shape index (κ1) is 15.1. The third-order valence-corrected chi connectivity index (χ3v) is 4.38. The van der Waals surface area contributed by atoms with E-state index in [0.29, 0.717) is 6.04 Å². The van der Waals surface area contributed by atoms with Crippen LogP contribution >= 0.6 is 0 Å². The van der Waals surface area contributed by atoms with Gasteiger partial charge in [-0.05, 0) is 38.3 Å². The minimum absolute atomic E-state index is 0.393. The first-order valence-electron chi connectivity index (χ1n) is 7.97. The standard InChI is InChI=1S/C18H23N3O/c1-14-11-20-16(12-19-14)13-21-9-5-8-17(21)10-18(22)15-6-3-2-4-7-15/h2-4,6-7,11-12,17-18,22H,5,8-10,13H2,1H3/t17-,18+/m1/s1. The number of aromatic nitrogens is 2. The zero-order valence-electron chi connectivity index (χ0n) is 13.0. The summed E-state index contributed by atoms with van der Waals surface area (Å²) in [6.07, 6.45) is 6.39. The molecule has 3 rings (SSSR count). The molecule has 2 atom stereocenters. The van der Waals surface area contributed by atoms with E-state index in [9.17, 15) is 5.11 Å². The summed E-state index contributed by atoms with van der Waals surface area (Å²) in [4.78, 5) is 11.2. The van der Waals surface area contributed by atoms with Gasteiger partial charge in [-0.15, -0.1) is 0 Å². The van der Waals surface area contributed by atoms with Gasteiger partial charge in [-0.3, -0.25) is 14.9 Å². The van der Waals surface area contributed by atoms with Crippen LogP contribution in [0.5, 0.6) is 0 Å². The molecule has 1 saturated heterocycles. The van der Waals surface area contributed by atoms with Gasteiger partial charge < -0.3 is 5.11 Å². The van der Waals surface area contributed by atoms with Crippen molar-refractivity contribution < 1.29 is 5.11 Å². The second-order valence-corrected chi connectivity index (χ2v) is 6.08. The normalized spacial score (nSPS) is 20.2. The average Bonchev–Trinajstić information content (AvgIpc) is 2.97. The van der Waals surface area contributed by atoms with E-state index in [-0.39, 0.29) is 0 Å². The summed E-state index contributed by atoms with van der Waals surface area (Å²) in [6, 6.07) is 10.3. The summed E-state index contributed by atoms with van der Waals surface area (Å²) < 4.78 is 0. The Balaban J connectivity index is 1.62. The largest absolute Gasteiger partial charge is 0.388 e. The summed E-state index contributed by atoms with van der Waals surface area (Å²) in [7, 11) is 0. The van der Waals surface area contributed by atoms with E-state index in [1.54, 1.807) is 0 Å². The van der Waals surface area contributed by atoms with Gasteiger partial charge in [0.1, 0.15) is 0 Å². The van der Waals surface area contributed by atoms with Crippen molar-refractivity contribution in [1.82, 2.24) is 14.9 Å². The Morgan fingerprint density at radius 1 is 1.23 bits per heavy atom. The second-order valence-electron chi connectivity index (χ2n) is 6.08. The van der Waals surface area contributed by atoms with Gasteiger partial charge in [0, 0.05) is 25.0 Å². The Labute approximate surface area is 131 Å². The predicted octanol–water partition coefficient (Wildman–Crippen LogP) is 2.87. The van der Waals surface area contributed by atoms with Gasteiger partial charge in [-0.1, -0.05) is 30.3 Å². The van der Waals surface area contributed by atoms with Crippen molar-refractivity contribution in [3.05, 3.63) is 59.7 Å². The van der Waals surface area contributed by atoms with Crippen LogP contribution in [0.15, 0.2) is 42.7 Å². The highest BCUT2D eigenvalue weighted by atomic mass is 16.3. The summed E-state index contributed by atoms with van der Waals surface area (Å²) in [6.45, 7) is 3.84. The van der Waals surface area contributed by atoms with Crippen molar-refractivity contribution >= 4 is 0 Å². The molecule has 1 fully saturated rings. The molecule has 1 aromatic heterocycles. The van der Waals surface area contributed by atoms with Crippen LogP contribution in [0.1, 0.15) is 42.3 Å². The number of aliphatic hydroxyl groups excluding tert-OH is 1. The van der Waals surface area contributed by atoms with Gasteiger partial charge in [0.25, 0.3) is 0 Å². The number of hydrogen-bond acceptors (Lipinski definition) is 4. The first-order valence-corrected chi connectivity index (χ1v) is 7.97. The van der Waals surface area contributed by atoms with E-state index in [4.69, 9.17) is 0 Å². The van der Waals surface area contributed by atoms with Crippen LogP contribution in [0.2, 0.25) is 0 Å². The van der Waals surface area contributed by atoms with Crippen molar-refractivity contribution in [1.29, 1.82) is 0 Å². The Hall–Kier alpha value is -1.78. The molecule has 1 N–H and O–H groups in total. The molecule has 4 nitrogen and oxygen atoms in total. The summed E-state index contributed by atoms with van der Waals surface area (Å²) in [5.41, 5.74) is 2.96. The van der Waals surface area contributed by atoms with E-state index < -0.39 is 6.10 Å². The highest BCUT2D eigenvalue weighted by molar-refractivity contribution is 5.17. The molecule has 4 heteroatoms. The smallest absolute Gasteiger partial charge is 0.0805 e. The van der Waals surface area contributed by atoms with Crippen LogP contribution in [0, 0.1) is 6.92 Å². The molecule has 0 radical (unpaired) electrons. The minimum Gasteiger partial charge on any atom is -0.388 e. The van der Waals surface area contributed by atoms with Crippen LogP contribution in [-0.4, -0.2) is 32.6 Å². The molecule has 0 spiro atoms. The fourth-order valence-corrected chi connectivity index (χ4v) is 3.15. The number of benzene rings is 1. The highest BCUT2D eigenvalue weighted by Crippen LogP contribution is 2.28. The Bertz CT molecular complexity index is 585. The van der Waals surface area contributed by atoms with Crippen molar-refractivity contribution in [2.75, 3.05) is 6.54 Å². The molecule has 1 aliphatic heterocycles. The summed E-state index contributed by atoms with van der Waals surface area (Å²) >= 11 is 0. The fourth-order valence-electron chi connectivity index (χ4n) is 3.15. The Morgan fingerprint density at radius 3 is 2.77 bits per heavy atom. The molecule has 0 saturated carbocycles. The molecule has 0 amide bonds. The number of likely N-dealkylation sites (tertiary alicyclic amines) is 1. The van der Waals surface area contributed by atoms with Crippen LogP contribution < -0.4 is 0 Å². The number of hydrogen-bond donors (Lipinski definition) is 1. The lowest BCUT2D eigenvalue weighted by atomic mass is 10.0. The molecule has 1 aromatic carbocycles. The third kappa shape index (κ3) is 3.70. The molecule has 0 aliphatic carbocycles. The molecule has 0 bridgehead atoms. The number of nitrogens with zero attached hydrogens (tertiary/aromatic N) is 3. The topological polar surface area (TPSA) is 49.2 Å². The Morgan fingerprint density at radius 2 is 2.05 bits per heavy atom. The third-order valence-electron chi connectivity index (χ3n) is 4.38. The molecule has 116 valence electrons. The molecule has 22 heavy (non-hydrogen) atoms. The van der Waals surface area contributed by atoms with Gasteiger partial charge in [-0.25, -0.2) is 0 Å². The maximum absolute atomic E-state index is 10.4. The van der Waals surface area contributed by atoms with Crippen LogP contribution in [0.4, 0.5) is 0 Å². The maximum Gasteiger partial charge on any atom is 0.0805 e. The minimum atomic E-state index is -0.393. The summed E-state index contributed by atoms with van der Waals surface area (Å²) in [5, 5.41) is 10.4. The van der Waals surface area contributed by atoms with Crippen molar-refractivity contribution in [3.8, 4) is 0 Å². The molecule has 2 heterocycles. The zero-order chi connectivity index (χ0) is 15.4. The molecule has 1 aliphatic rings. The van der Waals surface area contributed by atoms with Crippen LogP contribution in [-0.2, 0) is 6.54 Å². The van der Waals surface area contributed by atoms with Gasteiger partial charge in [-0.2, -0.15) is 0 Å². The quantitative estimate of drug-likeness (QED) is 0.922. The SMILES string of the molecule is Cc1cnc(CN2CCC[C@@H]2C[C@H](O)c2ccccc2)cn1. The van der Waals surface area contributed by atoms with E-state index in [0.717, 1.165) is 42.9 Å². The van der Waals surface area contributed by atoms with Crippen molar-refractivity contribution in [3.63, 3.8) is 0 Å². The van der Waals surface area contributed by atoms with E-state index in [1.807, 2.05) is 49.6 Å². The van der Waals surface area contributed by atoms with Gasteiger partial charge >= 0.3 is 0 Å². The molecule has 2 aromatic rings. The lowest BCUT2D eigenvalue weighted by Gasteiger charge is -2.26. The average molecular weight is 297 g/mol. The van der Waals surface area contributed by atoms with Crippen LogP contribution in [0.3, 0.4) is 0 Å². The monoisotopic (exact) mass is 297 g/mol. The molecule has 0 unspecified atom stereocenters. The zero-order valence-corrected chi connectivity index (χ0v) is 13.0. The van der Waals surface area contributed by atoms with Crippen molar-refractivity contribution in [2.45, 2.75) is 44.9 Å². The highest BCUT2D eigenvalue weighted by Gasteiger charge is 2.27. The van der Waals surface area contributed by atoms with Gasteiger partial charge in [0.05, 0.1) is 17.5 Å². The van der Waals surface area contributed by atoms with E-state index in [1.165, 1.54) is 6.42 Å². The van der Waals surface area contributed by atoms with Gasteiger partial charge in [0.15, 0.2) is 0 Å². The van der Waals surface area contributed by atoms with Gasteiger partial charge in [0.2, 0.25) is 0 Å². The second kappa shape index (κ2) is 6.99. The fraction of sp³-hybridized carbons (Fsp3) is 0.444. The molecular weight excluding hydrogens is 274 g/mol. The maximum atomic E-state index is 10.4. The lowest BCUT2D eigenvalue weighted by molar-refractivity contribution is 0.117. The first-order chi connectivity index (χ1) is 10.7. The predicted molar refractivity (Wildman–Crippen MR) is 86.2 cm³/mol. The lowest BCUT2D eigenvalue weighted by Crippen LogP contribution is -2.30. The number of rotatable bonds is 5. The van der Waals surface area contributed by atoms with E-state index >= 15 is 0 Å². The number of aliphatic hydroxyl groups is 1. The molecular formula is C18H23N3O. The summed E-state index contributed by atoms with van der Waals surface area (Å²) in [5.74, 6) is 0. The van der Waals surface area contributed by atoms with Crippen LogP contribution in [0.25, 0.3) is 0 Å².